The molecule has 0 bridgehead atoms. The number of rotatable bonds is 12. The highest BCUT2D eigenvalue weighted by Crippen LogP contribution is 2.25. The molecule has 4 aromatic carbocycles. The highest BCUT2D eigenvalue weighted by atomic mass is 79.9. The number of nitro groups is 1. The Bertz CT molecular complexity index is 1750. The van der Waals surface area contributed by atoms with Gasteiger partial charge < -0.3 is 15.4 Å². The molecule has 0 radical (unpaired) electrons. The van der Waals surface area contributed by atoms with Gasteiger partial charge >= 0.3 is 5.97 Å². The molecule has 0 aromatic heterocycles. The minimum Gasteiger partial charge on any atom is -0.457 e. The Morgan fingerprint density at radius 3 is 2.22 bits per heavy atom. The molecule has 1 aliphatic heterocycles. The van der Waals surface area contributed by atoms with E-state index in [0.717, 1.165) is 22.3 Å². The van der Waals surface area contributed by atoms with Gasteiger partial charge in [0.1, 0.15) is 18.0 Å². The first kappa shape index (κ1) is 31.7. The molecule has 230 valence electrons. The summed E-state index contributed by atoms with van der Waals surface area (Å²) in [5.41, 5.74) is 4.21. The molecule has 1 fully saturated rings. The molecule has 1 aliphatic rings. The number of nitrogens with one attached hydrogen (secondary N) is 2. The lowest BCUT2D eigenvalue weighted by Crippen LogP contribution is -2.70. The zero-order chi connectivity index (χ0) is 31.9. The number of aryl methyl sites for hydroxylation is 1. The van der Waals surface area contributed by atoms with Crippen molar-refractivity contribution < 1.29 is 28.3 Å². The van der Waals surface area contributed by atoms with Gasteiger partial charge in [-0.1, -0.05) is 66.7 Å². The number of non-ortho nitro benzene ring substituents is 1. The highest BCUT2D eigenvalue weighted by molar-refractivity contribution is 9.10. The van der Waals surface area contributed by atoms with Crippen LogP contribution in [-0.2, 0) is 44.6 Å². The Balaban J connectivity index is 1.16. The summed E-state index contributed by atoms with van der Waals surface area (Å²) in [5, 5.41) is 15.5. The second kappa shape index (κ2) is 14.4. The third kappa shape index (κ3) is 7.89. The zero-order valence-electron chi connectivity index (χ0n) is 23.8. The SMILES string of the molecule is O=C(Cc1ccccc1)N[C@@H]1C(=O)N[C@@H]1S(=O)CCc1cccc(Br)c1C(=O)OCc1ccc(-c2ccc([N+](=O)[O-])cc2)cc1. The highest BCUT2D eigenvalue weighted by Gasteiger charge is 2.44. The Kier molecular flexibility index (Phi) is 10.2. The number of carbonyl (C=O) groups excluding carboxylic acids is 3. The number of benzene rings is 4. The number of esters is 1. The lowest BCUT2D eigenvalue weighted by atomic mass is 10.0. The van der Waals surface area contributed by atoms with Gasteiger partial charge in [0.25, 0.3) is 5.69 Å². The minimum absolute atomic E-state index is 0.0157. The van der Waals surface area contributed by atoms with Crippen molar-refractivity contribution in [2.75, 3.05) is 5.75 Å². The molecule has 2 N–H and O–H groups in total. The molecule has 1 saturated heterocycles. The fraction of sp³-hybridized carbons (Fsp3) is 0.182. The molecule has 12 heteroatoms. The maximum absolute atomic E-state index is 13.2. The van der Waals surface area contributed by atoms with Crippen molar-refractivity contribution in [3.8, 4) is 11.1 Å². The van der Waals surface area contributed by atoms with Crippen molar-refractivity contribution in [2.24, 2.45) is 0 Å². The number of ether oxygens (including phenoxy) is 1. The molecule has 10 nitrogen and oxygen atoms in total. The summed E-state index contributed by atoms with van der Waals surface area (Å²) in [7, 11) is -1.52. The predicted octanol–water partition coefficient (Wildman–Crippen LogP) is 4.86. The van der Waals surface area contributed by atoms with Crippen LogP contribution in [0.25, 0.3) is 11.1 Å². The summed E-state index contributed by atoms with van der Waals surface area (Å²) < 4.78 is 19.3. The molecule has 1 heterocycles. The van der Waals surface area contributed by atoms with Gasteiger partial charge in [-0.2, -0.15) is 0 Å². The Labute approximate surface area is 269 Å². The molecule has 4 aromatic rings. The van der Waals surface area contributed by atoms with Crippen molar-refractivity contribution in [3.63, 3.8) is 0 Å². The van der Waals surface area contributed by atoms with Crippen molar-refractivity contribution in [3.05, 3.63) is 134 Å². The van der Waals surface area contributed by atoms with Gasteiger partial charge in [0.2, 0.25) is 11.8 Å². The average molecular weight is 691 g/mol. The van der Waals surface area contributed by atoms with Gasteiger partial charge in [-0.3, -0.25) is 23.9 Å². The van der Waals surface area contributed by atoms with Crippen LogP contribution in [0.2, 0.25) is 0 Å². The van der Waals surface area contributed by atoms with Crippen LogP contribution in [0.4, 0.5) is 5.69 Å². The van der Waals surface area contributed by atoms with E-state index in [1.54, 1.807) is 30.3 Å². The van der Waals surface area contributed by atoms with Gasteiger partial charge in [-0.15, -0.1) is 0 Å². The maximum atomic E-state index is 13.2. The fourth-order valence-corrected chi connectivity index (χ4v) is 6.84. The number of amides is 2. The molecule has 3 atom stereocenters. The molecular formula is C33H28BrN3O7S. The Hall–Kier alpha value is -4.68. The molecule has 1 unspecified atom stereocenters. The monoisotopic (exact) mass is 689 g/mol. The van der Waals surface area contributed by atoms with Crippen LogP contribution in [-0.4, -0.2) is 44.1 Å². The maximum Gasteiger partial charge on any atom is 0.339 e. The second-order valence-electron chi connectivity index (χ2n) is 10.3. The number of hydrogen-bond acceptors (Lipinski definition) is 7. The van der Waals surface area contributed by atoms with Gasteiger partial charge in [0, 0.05) is 33.2 Å². The van der Waals surface area contributed by atoms with E-state index in [1.165, 1.54) is 12.1 Å². The normalized spacial score (nSPS) is 16.2. The number of β-lactam (4-membered cyclic amide) rings is 1. The first-order valence-corrected chi connectivity index (χ1v) is 16.2. The first-order chi connectivity index (χ1) is 21.7. The van der Waals surface area contributed by atoms with E-state index in [9.17, 15) is 28.7 Å². The van der Waals surface area contributed by atoms with Crippen LogP contribution in [0.1, 0.15) is 27.0 Å². The molecule has 45 heavy (non-hydrogen) atoms. The van der Waals surface area contributed by atoms with Crippen LogP contribution >= 0.6 is 15.9 Å². The molecule has 0 spiro atoms. The third-order valence-electron chi connectivity index (χ3n) is 7.29. The molecule has 2 amide bonds. The number of nitro benzene ring substituents is 1. The van der Waals surface area contributed by atoms with Crippen LogP contribution in [0.15, 0.2) is 102 Å². The second-order valence-corrected chi connectivity index (χ2v) is 12.9. The van der Waals surface area contributed by atoms with Crippen LogP contribution in [0, 0.1) is 10.1 Å². The molecule has 0 aliphatic carbocycles. The molecular weight excluding hydrogens is 662 g/mol. The zero-order valence-corrected chi connectivity index (χ0v) is 26.2. The summed E-state index contributed by atoms with van der Waals surface area (Å²) >= 11 is 3.43. The number of nitrogens with zero attached hydrogens (tertiary/aromatic N) is 1. The summed E-state index contributed by atoms with van der Waals surface area (Å²) in [5.74, 6) is -1.12. The summed E-state index contributed by atoms with van der Waals surface area (Å²) in [6, 6.07) is 27.1. The topological polar surface area (TPSA) is 145 Å². The van der Waals surface area contributed by atoms with Crippen molar-refractivity contribution >= 4 is 50.2 Å². The van der Waals surface area contributed by atoms with E-state index in [0.29, 0.717) is 15.6 Å². The van der Waals surface area contributed by atoms with E-state index < -0.39 is 33.1 Å². The average Bonchev–Trinajstić information content (AvgIpc) is 3.04. The smallest absolute Gasteiger partial charge is 0.339 e. The lowest BCUT2D eigenvalue weighted by Gasteiger charge is -2.36. The van der Waals surface area contributed by atoms with Crippen LogP contribution in [0.5, 0.6) is 0 Å². The van der Waals surface area contributed by atoms with Crippen molar-refractivity contribution in [1.29, 1.82) is 0 Å². The standard InChI is InChI=1S/C33H28BrN3O7S/c34-27-8-4-7-25(17-18-45(43)32-30(31(39)36-32)35-28(38)19-21-5-2-1-3-6-21)29(27)33(40)44-20-22-9-11-23(12-10-22)24-13-15-26(16-14-24)37(41)42/h1-16,30,32H,17-20H2,(H,35,38)(H,36,39)/t30-,32-,45?/m1/s1. The van der Waals surface area contributed by atoms with Gasteiger partial charge in [-0.05, 0) is 68.4 Å². The largest absolute Gasteiger partial charge is 0.457 e. The molecule has 0 saturated carbocycles. The Morgan fingerprint density at radius 1 is 0.911 bits per heavy atom. The van der Waals surface area contributed by atoms with E-state index in [1.807, 2.05) is 54.6 Å². The Morgan fingerprint density at radius 2 is 1.58 bits per heavy atom. The van der Waals surface area contributed by atoms with Gasteiger partial charge in [-0.25, -0.2) is 4.79 Å². The van der Waals surface area contributed by atoms with Gasteiger partial charge in [0.05, 0.1) is 16.9 Å². The van der Waals surface area contributed by atoms with Gasteiger partial charge in [0.15, 0.2) is 0 Å². The summed E-state index contributed by atoms with van der Waals surface area (Å²) in [4.78, 5) is 48.2. The van der Waals surface area contributed by atoms with E-state index in [4.69, 9.17) is 4.74 Å². The van der Waals surface area contributed by atoms with E-state index in [2.05, 4.69) is 26.6 Å². The summed E-state index contributed by atoms with van der Waals surface area (Å²) in [6.45, 7) is 0.0184. The number of hydrogen-bond donors (Lipinski definition) is 2. The van der Waals surface area contributed by atoms with Crippen LogP contribution < -0.4 is 10.6 Å². The van der Waals surface area contributed by atoms with Crippen molar-refractivity contribution in [1.82, 2.24) is 10.6 Å². The first-order valence-electron chi connectivity index (χ1n) is 14.0. The minimum atomic E-state index is -1.52. The molecule has 5 rings (SSSR count). The quantitative estimate of drug-likeness (QED) is 0.0936. The number of halogens is 1. The third-order valence-corrected chi connectivity index (χ3v) is 9.51. The van der Waals surface area contributed by atoms with Crippen LogP contribution in [0.3, 0.4) is 0 Å². The number of carbonyl (C=O) groups is 3. The predicted molar refractivity (Wildman–Crippen MR) is 173 cm³/mol. The van der Waals surface area contributed by atoms with Crippen molar-refractivity contribution in [2.45, 2.75) is 30.9 Å². The fourth-order valence-electron chi connectivity index (χ4n) is 4.85. The van der Waals surface area contributed by atoms with E-state index in [-0.39, 0.29) is 42.7 Å². The van der Waals surface area contributed by atoms with E-state index >= 15 is 0 Å². The summed E-state index contributed by atoms with van der Waals surface area (Å²) in [6.07, 6.45) is 0.384. The lowest BCUT2D eigenvalue weighted by molar-refractivity contribution is -0.384.